The standard InChI is InChI=1S/C25H19NS/c1-3-7-19-21-15-17(11-13-25(21)27-24(19)4-2)16-10-12-23-20(14-16)18-8-5-6-9-22(18)26-23/h3-15,26H,2H2,1H3/b7-3-. The minimum Gasteiger partial charge on any atom is -0.355 e. The van der Waals surface area contributed by atoms with Crippen LogP contribution < -0.4 is 0 Å². The number of thiophene rings is 1. The Bertz CT molecular complexity index is 1350. The van der Waals surface area contributed by atoms with Crippen LogP contribution >= 0.6 is 11.3 Å². The average molecular weight is 366 g/mol. The lowest BCUT2D eigenvalue weighted by Gasteiger charge is -2.04. The molecule has 130 valence electrons. The number of fused-ring (bicyclic) bond motifs is 4. The van der Waals surface area contributed by atoms with Crippen LogP contribution in [-0.4, -0.2) is 4.98 Å². The van der Waals surface area contributed by atoms with Crippen molar-refractivity contribution in [3.05, 3.63) is 83.8 Å². The molecule has 27 heavy (non-hydrogen) atoms. The molecule has 0 saturated carbocycles. The zero-order chi connectivity index (χ0) is 18.4. The molecule has 5 rings (SSSR count). The fourth-order valence-electron chi connectivity index (χ4n) is 3.83. The van der Waals surface area contributed by atoms with Gasteiger partial charge in [-0.25, -0.2) is 0 Å². The third-order valence-corrected chi connectivity index (χ3v) is 6.30. The second kappa shape index (κ2) is 6.26. The molecule has 0 amide bonds. The van der Waals surface area contributed by atoms with Gasteiger partial charge in [0.2, 0.25) is 0 Å². The van der Waals surface area contributed by atoms with Crippen molar-refractivity contribution in [2.75, 3.05) is 0 Å². The molecule has 0 bridgehead atoms. The van der Waals surface area contributed by atoms with Gasteiger partial charge in [0.1, 0.15) is 0 Å². The summed E-state index contributed by atoms with van der Waals surface area (Å²) in [4.78, 5) is 4.73. The molecule has 0 aliphatic carbocycles. The van der Waals surface area contributed by atoms with E-state index in [4.69, 9.17) is 0 Å². The minimum atomic E-state index is 1.18. The Balaban J connectivity index is 1.73. The topological polar surface area (TPSA) is 15.8 Å². The molecule has 0 fully saturated rings. The molecule has 2 heterocycles. The Labute approximate surface area is 162 Å². The number of hydrogen-bond donors (Lipinski definition) is 1. The van der Waals surface area contributed by atoms with E-state index < -0.39 is 0 Å². The summed E-state index contributed by atoms with van der Waals surface area (Å²) in [5.74, 6) is 0. The minimum absolute atomic E-state index is 1.18. The highest BCUT2D eigenvalue weighted by Gasteiger charge is 2.10. The highest BCUT2D eigenvalue weighted by molar-refractivity contribution is 7.20. The molecule has 0 atom stereocenters. The summed E-state index contributed by atoms with van der Waals surface area (Å²) in [5, 5.41) is 3.84. The molecular weight excluding hydrogens is 346 g/mol. The van der Waals surface area contributed by atoms with Crippen LogP contribution in [0.2, 0.25) is 0 Å². The van der Waals surface area contributed by atoms with Crippen LogP contribution in [0.15, 0.2) is 73.3 Å². The summed E-state index contributed by atoms with van der Waals surface area (Å²) in [6.07, 6.45) is 6.24. The molecule has 3 aromatic carbocycles. The number of H-pyrrole nitrogens is 1. The van der Waals surface area contributed by atoms with E-state index in [1.165, 1.54) is 53.5 Å². The SMILES string of the molecule is C=Cc1sc2ccc(-c3ccc4[nH]c5ccccc5c4c3)cc2c1/C=C\C. The van der Waals surface area contributed by atoms with Crippen LogP contribution in [0, 0.1) is 0 Å². The third-order valence-electron chi connectivity index (χ3n) is 5.11. The van der Waals surface area contributed by atoms with Crippen molar-refractivity contribution in [2.45, 2.75) is 6.92 Å². The lowest BCUT2D eigenvalue weighted by atomic mass is 10.00. The van der Waals surface area contributed by atoms with Crippen molar-refractivity contribution in [1.29, 1.82) is 0 Å². The predicted octanol–water partition coefficient (Wildman–Crippen LogP) is 7.88. The van der Waals surface area contributed by atoms with Gasteiger partial charge in [0.05, 0.1) is 0 Å². The van der Waals surface area contributed by atoms with E-state index in [0.717, 1.165) is 0 Å². The lowest BCUT2D eigenvalue weighted by molar-refractivity contribution is 1.54. The van der Waals surface area contributed by atoms with Gasteiger partial charge in [-0.2, -0.15) is 0 Å². The van der Waals surface area contributed by atoms with Crippen molar-refractivity contribution < 1.29 is 0 Å². The normalized spacial score (nSPS) is 11.9. The summed E-state index contributed by atoms with van der Waals surface area (Å²) in [7, 11) is 0. The van der Waals surface area contributed by atoms with E-state index in [1.807, 2.05) is 6.08 Å². The summed E-state index contributed by atoms with van der Waals surface area (Å²) in [5.41, 5.74) is 6.12. The van der Waals surface area contributed by atoms with Crippen LogP contribution in [0.25, 0.3) is 55.2 Å². The Morgan fingerprint density at radius 1 is 0.852 bits per heavy atom. The molecule has 0 radical (unpaired) electrons. The number of allylic oxidation sites excluding steroid dienone is 1. The fourth-order valence-corrected chi connectivity index (χ4v) is 4.86. The summed E-state index contributed by atoms with van der Waals surface area (Å²) < 4.78 is 1.30. The van der Waals surface area contributed by atoms with Gasteiger partial charge >= 0.3 is 0 Å². The summed E-state index contributed by atoms with van der Waals surface area (Å²) in [6, 6.07) is 21.9. The molecule has 0 aliphatic rings. The second-order valence-electron chi connectivity index (χ2n) is 6.73. The summed E-state index contributed by atoms with van der Waals surface area (Å²) in [6.45, 7) is 6.04. The van der Waals surface area contributed by atoms with E-state index in [2.05, 4.69) is 91.3 Å². The third kappa shape index (κ3) is 2.53. The van der Waals surface area contributed by atoms with Crippen LogP contribution in [0.3, 0.4) is 0 Å². The Kier molecular flexibility index (Phi) is 3.73. The van der Waals surface area contributed by atoms with Crippen LogP contribution in [0.1, 0.15) is 17.4 Å². The maximum atomic E-state index is 3.98. The first kappa shape index (κ1) is 16.1. The summed E-state index contributed by atoms with van der Waals surface area (Å²) >= 11 is 1.80. The number of rotatable bonds is 3. The zero-order valence-electron chi connectivity index (χ0n) is 15.1. The van der Waals surface area contributed by atoms with Crippen LogP contribution in [0.4, 0.5) is 0 Å². The van der Waals surface area contributed by atoms with Crippen molar-refractivity contribution in [3.63, 3.8) is 0 Å². The number of hydrogen-bond acceptors (Lipinski definition) is 1. The van der Waals surface area contributed by atoms with E-state index in [9.17, 15) is 0 Å². The maximum absolute atomic E-state index is 3.98. The van der Waals surface area contributed by atoms with Gasteiger partial charge in [-0.1, -0.05) is 55.1 Å². The van der Waals surface area contributed by atoms with Gasteiger partial charge in [0.15, 0.2) is 0 Å². The van der Waals surface area contributed by atoms with Gasteiger partial charge in [-0.05, 0) is 53.9 Å². The second-order valence-corrected chi connectivity index (χ2v) is 7.81. The van der Waals surface area contributed by atoms with E-state index in [-0.39, 0.29) is 0 Å². The number of para-hydroxylation sites is 1. The average Bonchev–Trinajstić information content (AvgIpc) is 3.25. The molecule has 2 aromatic heterocycles. The monoisotopic (exact) mass is 365 g/mol. The van der Waals surface area contributed by atoms with Gasteiger partial charge in [-0.15, -0.1) is 11.3 Å². The molecule has 0 spiro atoms. The van der Waals surface area contributed by atoms with Crippen molar-refractivity contribution in [1.82, 2.24) is 4.98 Å². The Morgan fingerprint density at radius 2 is 1.59 bits per heavy atom. The Morgan fingerprint density at radius 3 is 2.41 bits per heavy atom. The van der Waals surface area contributed by atoms with Crippen molar-refractivity contribution in [2.24, 2.45) is 0 Å². The van der Waals surface area contributed by atoms with Gasteiger partial charge < -0.3 is 4.98 Å². The number of aromatic nitrogens is 1. The number of aromatic amines is 1. The number of benzene rings is 3. The van der Waals surface area contributed by atoms with E-state index >= 15 is 0 Å². The molecule has 1 N–H and O–H groups in total. The Hall–Kier alpha value is -3.10. The van der Waals surface area contributed by atoms with E-state index in [1.54, 1.807) is 11.3 Å². The predicted molar refractivity (Wildman–Crippen MR) is 121 cm³/mol. The molecule has 0 saturated heterocycles. The zero-order valence-corrected chi connectivity index (χ0v) is 15.9. The molecule has 0 aliphatic heterocycles. The van der Waals surface area contributed by atoms with Gasteiger partial charge in [0.25, 0.3) is 0 Å². The lowest BCUT2D eigenvalue weighted by Crippen LogP contribution is -1.79. The largest absolute Gasteiger partial charge is 0.355 e. The van der Waals surface area contributed by atoms with Crippen LogP contribution in [-0.2, 0) is 0 Å². The van der Waals surface area contributed by atoms with E-state index in [0.29, 0.717) is 0 Å². The first-order valence-electron chi connectivity index (χ1n) is 9.11. The van der Waals surface area contributed by atoms with Crippen LogP contribution in [0.5, 0.6) is 0 Å². The first-order valence-corrected chi connectivity index (χ1v) is 9.92. The van der Waals surface area contributed by atoms with Crippen molar-refractivity contribution in [3.8, 4) is 11.1 Å². The molecule has 5 aromatic rings. The fraction of sp³-hybridized carbons (Fsp3) is 0.0400. The molecule has 1 nitrogen and oxygen atoms in total. The highest BCUT2D eigenvalue weighted by atomic mass is 32.1. The molecular formula is C25H19NS. The first-order chi connectivity index (χ1) is 13.3. The quantitative estimate of drug-likeness (QED) is 0.335. The smallest absolute Gasteiger partial charge is 0.0465 e. The van der Waals surface area contributed by atoms with Gasteiger partial charge in [0, 0.05) is 36.8 Å². The number of nitrogens with one attached hydrogen (secondary N) is 1. The molecule has 0 unspecified atom stereocenters. The van der Waals surface area contributed by atoms with Gasteiger partial charge in [-0.3, -0.25) is 0 Å². The highest BCUT2D eigenvalue weighted by Crippen LogP contribution is 2.37. The van der Waals surface area contributed by atoms with Crippen molar-refractivity contribution >= 4 is 55.4 Å². The molecule has 2 heteroatoms. The maximum Gasteiger partial charge on any atom is 0.0465 e.